The van der Waals surface area contributed by atoms with Crippen molar-refractivity contribution in [3.8, 4) is 0 Å². The van der Waals surface area contributed by atoms with E-state index in [0.29, 0.717) is 0 Å². The second-order valence-corrected chi connectivity index (χ2v) is 4.34. The van der Waals surface area contributed by atoms with E-state index in [4.69, 9.17) is 5.73 Å². The molecular formula is C14H22ClN3O2. The van der Waals surface area contributed by atoms with Gasteiger partial charge in [-0.2, -0.15) is 0 Å². The Morgan fingerprint density at radius 2 is 1.85 bits per heavy atom. The Kier molecular flexibility index (Phi) is 9.41. The Balaban J connectivity index is 0.00000361. The van der Waals surface area contributed by atoms with Crippen LogP contribution < -0.4 is 16.4 Å². The summed E-state index contributed by atoms with van der Waals surface area (Å²) < 4.78 is 0. The van der Waals surface area contributed by atoms with E-state index < -0.39 is 0 Å². The normalized spacial score (nSPS) is 11.1. The third kappa shape index (κ3) is 7.11. The van der Waals surface area contributed by atoms with Gasteiger partial charge in [-0.25, -0.2) is 0 Å². The Morgan fingerprint density at radius 1 is 1.20 bits per heavy atom. The zero-order chi connectivity index (χ0) is 14.1. The van der Waals surface area contributed by atoms with Gasteiger partial charge in [0.15, 0.2) is 0 Å². The molecule has 1 aromatic rings. The van der Waals surface area contributed by atoms with Crippen molar-refractivity contribution in [3.63, 3.8) is 0 Å². The van der Waals surface area contributed by atoms with Crippen molar-refractivity contribution in [1.29, 1.82) is 0 Å². The van der Waals surface area contributed by atoms with Crippen LogP contribution in [0.3, 0.4) is 0 Å². The monoisotopic (exact) mass is 299 g/mol. The molecule has 0 radical (unpaired) electrons. The molecule has 1 unspecified atom stereocenters. The lowest BCUT2D eigenvalue weighted by Crippen LogP contribution is -2.43. The summed E-state index contributed by atoms with van der Waals surface area (Å²) in [5, 5.41) is 5.35. The van der Waals surface area contributed by atoms with Crippen LogP contribution in [0, 0.1) is 0 Å². The van der Waals surface area contributed by atoms with Crippen LogP contribution in [0.2, 0.25) is 0 Å². The second-order valence-electron chi connectivity index (χ2n) is 4.34. The lowest BCUT2D eigenvalue weighted by Gasteiger charge is -2.17. The number of rotatable bonds is 7. The SMILES string of the molecule is CCC(Cc1ccccc1)NC(=O)CNC(=O)CN.Cl. The molecule has 1 rings (SSSR count). The maximum atomic E-state index is 11.7. The van der Waals surface area contributed by atoms with Gasteiger partial charge in [-0.05, 0) is 18.4 Å². The van der Waals surface area contributed by atoms with Gasteiger partial charge in [-0.15, -0.1) is 12.4 Å². The molecule has 0 saturated carbocycles. The number of hydrogen-bond donors (Lipinski definition) is 3. The van der Waals surface area contributed by atoms with E-state index in [0.717, 1.165) is 12.8 Å². The van der Waals surface area contributed by atoms with Gasteiger partial charge in [0, 0.05) is 6.04 Å². The summed E-state index contributed by atoms with van der Waals surface area (Å²) in [6.07, 6.45) is 1.62. The molecule has 0 bridgehead atoms. The molecule has 1 atom stereocenters. The van der Waals surface area contributed by atoms with Crippen LogP contribution in [0.5, 0.6) is 0 Å². The number of carbonyl (C=O) groups is 2. The van der Waals surface area contributed by atoms with Gasteiger partial charge in [-0.3, -0.25) is 9.59 Å². The molecule has 0 saturated heterocycles. The fourth-order valence-electron chi connectivity index (χ4n) is 1.73. The van der Waals surface area contributed by atoms with Gasteiger partial charge in [0.1, 0.15) is 0 Å². The van der Waals surface area contributed by atoms with E-state index in [-0.39, 0.29) is 43.4 Å². The molecule has 0 aliphatic heterocycles. The highest BCUT2D eigenvalue weighted by Crippen LogP contribution is 2.05. The van der Waals surface area contributed by atoms with E-state index in [1.54, 1.807) is 0 Å². The van der Waals surface area contributed by atoms with Crippen LogP contribution in [-0.2, 0) is 16.0 Å². The van der Waals surface area contributed by atoms with Crippen LogP contribution >= 0.6 is 12.4 Å². The number of carbonyl (C=O) groups excluding carboxylic acids is 2. The number of halogens is 1. The molecule has 4 N–H and O–H groups in total. The molecule has 0 aliphatic rings. The fourth-order valence-corrected chi connectivity index (χ4v) is 1.73. The minimum absolute atomic E-state index is 0. The van der Waals surface area contributed by atoms with Crippen molar-refractivity contribution in [3.05, 3.63) is 35.9 Å². The Morgan fingerprint density at radius 3 is 2.40 bits per heavy atom. The molecule has 6 heteroatoms. The summed E-state index contributed by atoms with van der Waals surface area (Å²) in [6.45, 7) is 1.89. The summed E-state index contributed by atoms with van der Waals surface area (Å²) in [4.78, 5) is 22.6. The second kappa shape index (κ2) is 10.2. The maximum Gasteiger partial charge on any atom is 0.239 e. The molecule has 0 aromatic heterocycles. The average molecular weight is 300 g/mol. The molecule has 0 fully saturated rings. The number of benzene rings is 1. The van der Waals surface area contributed by atoms with Crippen molar-refractivity contribution in [2.24, 2.45) is 5.73 Å². The number of amides is 2. The van der Waals surface area contributed by atoms with Crippen molar-refractivity contribution >= 4 is 24.2 Å². The summed E-state index contributed by atoms with van der Waals surface area (Å²) >= 11 is 0. The lowest BCUT2D eigenvalue weighted by atomic mass is 10.0. The van der Waals surface area contributed by atoms with Crippen molar-refractivity contribution in [2.45, 2.75) is 25.8 Å². The first-order valence-electron chi connectivity index (χ1n) is 6.45. The van der Waals surface area contributed by atoms with Crippen molar-refractivity contribution in [2.75, 3.05) is 13.1 Å². The van der Waals surface area contributed by atoms with Gasteiger partial charge in [-0.1, -0.05) is 37.3 Å². The zero-order valence-corrected chi connectivity index (χ0v) is 12.4. The molecule has 1 aromatic carbocycles. The first-order chi connectivity index (χ1) is 9.15. The highest BCUT2D eigenvalue weighted by atomic mass is 35.5. The highest BCUT2D eigenvalue weighted by Gasteiger charge is 2.11. The van der Waals surface area contributed by atoms with Crippen LogP contribution in [0.1, 0.15) is 18.9 Å². The number of nitrogens with one attached hydrogen (secondary N) is 2. The molecule has 112 valence electrons. The summed E-state index contributed by atoms with van der Waals surface area (Å²) in [5.41, 5.74) is 6.33. The summed E-state index contributed by atoms with van der Waals surface area (Å²) in [7, 11) is 0. The first kappa shape index (κ1) is 18.4. The van der Waals surface area contributed by atoms with Crippen LogP contribution in [0.15, 0.2) is 30.3 Å². The number of nitrogens with two attached hydrogens (primary N) is 1. The molecular weight excluding hydrogens is 278 g/mol. The number of hydrogen-bond acceptors (Lipinski definition) is 3. The molecule has 5 nitrogen and oxygen atoms in total. The van der Waals surface area contributed by atoms with Gasteiger partial charge in [0.25, 0.3) is 0 Å². The minimum Gasteiger partial charge on any atom is -0.352 e. The average Bonchev–Trinajstić information content (AvgIpc) is 2.45. The predicted molar refractivity (Wildman–Crippen MR) is 81.7 cm³/mol. The smallest absolute Gasteiger partial charge is 0.239 e. The molecule has 2 amide bonds. The van der Waals surface area contributed by atoms with E-state index in [1.807, 2.05) is 37.3 Å². The molecule has 20 heavy (non-hydrogen) atoms. The Bertz CT molecular complexity index is 412. The first-order valence-corrected chi connectivity index (χ1v) is 6.45. The van der Waals surface area contributed by atoms with E-state index in [1.165, 1.54) is 5.56 Å². The molecule has 0 aliphatic carbocycles. The standard InChI is InChI=1S/C14H21N3O2.ClH/c1-2-12(8-11-6-4-3-5-7-11)17-14(19)10-16-13(18)9-15;/h3-7,12H,2,8-10,15H2,1H3,(H,16,18)(H,17,19);1H. The molecule has 0 spiro atoms. The van der Waals surface area contributed by atoms with Crippen LogP contribution in [0.25, 0.3) is 0 Å². The van der Waals surface area contributed by atoms with E-state index in [9.17, 15) is 9.59 Å². The van der Waals surface area contributed by atoms with E-state index in [2.05, 4.69) is 10.6 Å². The largest absolute Gasteiger partial charge is 0.352 e. The van der Waals surface area contributed by atoms with Crippen LogP contribution in [0.4, 0.5) is 0 Å². The van der Waals surface area contributed by atoms with Crippen LogP contribution in [-0.4, -0.2) is 30.9 Å². The fraction of sp³-hybridized carbons (Fsp3) is 0.429. The Labute approximate surface area is 125 Å². The third-order valence-corrected chi connectivity index (χ3v) is 2.81. The van der Waals surface area contributed by atoms with E-state index >= 15 is 0 Å². The zero-order valence-electron chi connectivity index (χ0n) is 11.6. The van der Waals surface area contributed by atoms with Crippen molar-refractivity contribution in [1.82, 2.24) is 10.6 Å². The quantitative estimate of drug-likeness (QED) is 0.690. The van der Waals surface area contributed by atoms with Gasteiger partial charge < -0.3 is 16.4 Å². The van der Waals surface area contributed by atoms with Gasteiger partial charge in [0.05, 0.1) is 13.1 Å². The third-order valence-electron chi connectivity index (χ3n) is 2.81. The molecule has 0 heterocycles. The maximum absolute atomic E-state index is 11.7. The lowest BCUT2D eigenvalue weighted by molar-refractivity contribution is -0.125. The predicted octanol–water partition coefficient (Wildman–Crippen LogP) is 0.621. The van der Waals surface area contributed by atoms with Gasteiger partial charge >= 0.3 is 0 Å². The van der Waals surface area contributed by atoms with Gasteiger partial charge in [0.2, 0.25) is 11.8 Å². The minimum atomic E-state index is -0.328. The highest BCUT2D eigenvalue weighted by molar-refractivity contribution is 5.85. The van der Waals surface area contributed by atoms with Crippen molar-refractivity contribution < 1.29 is 9.59 Å². The Hall–Kier alpha value is -1.59. The summed E-state index contributed by atoms with van der Waals surface area (Å²) in [5.74, 6) is -0.518. The summed E-state index contributed by atoms with van der Waals surface area (Å²) in [6, 6.07) is 10.1. The topological polar surface area (TPSA) is 84.2 Å².